The minimum absolute atomic E-state index is 0.115. The molecule has 7 nitrogen and oxygen atoms in total. The van der Waals surface area contributed by atoms with Crippen LogP contribution in [0.5, 0.6) is 0 Å². The number of carboxylic acid groups (broad SMARTS) is 1. The highest BCUT2D eigenvalue weighted by Gasteiger charge is 2.35. The van der Waals surface area contributed by atoms with E-state index in [1.54, 1.807) is 7.11 Å². The van der Waals surface area contributed by atoms with E-state index in [1.807, 2.05) is 13.8 Å². The molecule has 0 aromatic heterocycles. The van der Waals surface area contributed by atoms with Crippen LogP contribution in [0.4, 0.5) is 4.79 Å². The monoisotopic (exact) mass is 274 g/mol. The first-order valence-corrected chi connectivity index (χ1v) is 6.32. The topological polar surface area (TPSA) is 96.9 Å². The number of rotatable bonds is 6. The smallest absolute Gasteiger partial charge is 0.315 e. The van der Waals surface area contributed by atoms with Gasteiger partial charge in [0.05, 0.1) is 31.9 Å². The van der Waals surface area contributed by atoms with Crippen molar-refractivity contribution in [2.24, 2.45) is 11.8 Å². The second-order valence-corrected chi connectivity index (χ2v) is 5.01. The normalized spacial score (nSPS) is 24.2. The van der Waals surface area contributed by atoms with Crippen molar-refractivity contribution < 1.29 is 24.2 Å². The van der Waals surface area contributed by atoms with Gasteiger partial charge in [-0.3, -0.25) is 4.79 Å². The van der Waals surface area contributed by atoms with Gasteiger partial charge in [-0.25, -0.2) is 4.79 Å². The van der Waals surface area contributed by atoms with Crippen molar-refractivity contribution in [3.63, 3.8) is 0 Å². The Bertz CT molecular complexity index is 321. The molecule has 3 unspecified atom stereocenters. The fourth-order valence-electron chi connectivity index (χ4n) is 1.90. The van der Waals surface area contributed by atoms with Gasteiger partial charge in [0.1, 0.15) is 5.92 Å². The molecule has 2 amide bonds. The van der Waals surface area contributed by atoms with Crippen LogP contribution in [0.25, 0.3) is 0 Å². The lowest BCUT2D eigenvalue weighted by Crippen LogP contribution is -2.52. The summed E-state index contributed by atoms with van der Waals surface area (Å²) in [7, 11) is 1.57. The molecule has 0 bridgehead atoms. The van der Waals surface area contributed by atoms with E-state index in [2.05, 4.69) is 10.6 Å². The molecular formula is C12H22N2O5. The zero-order valence-corrected chi connectivity index (χ0v) is 11.5. The molecule has 0 radical (unpaired) electrons. The number of carboxylic acids is 1. The highest BCUT2D eigenvalue weighted by molar-refractivity contribution is 5.77. The number of urea groups is 1. The van der Waals surface area contributed by atoms with Gasteiger partial charge in [0, 0.05) is 7.11 Å². The van der Waals surface area contributed by atoms with E-state index in [0.717, 1.165) is 0 Å². The molecular weight excluding hydrogens is 252 g/mol. The first-order chi connectivity index (χ1) is 8.95. The number of aliphatic carboxylic acids is 1. The second-order valence-electron chi connectivity index (χ2n) is 5.01. The zero-order chi connectivity index (χ0) is 14.4. The molecule has 7 heteroatoms. The number of amides is 2. The Hall–Kier alpha value is -1.34. The Morgan fingerprint density at radius 1 is 1.42 bits per heavy atom. The largest absolute Gasteiger partial charge is 0.481 e. The molecule has 0 saturated carbocycles. The molecule has 0 aromatic rings. The van der Waals surface area contributed by atoms with Crippen LogP contribution in [0.2, 0.25) is 0 Å². The summed E-state index contributed by atoms with van der Waals surface area (Å²) >= 11 is 0. The van der Waals surface area contributed by atoms with Crippen molar-refractivity contribution in [2.75, 3.05) is 26.9 Å². The van der Waals surface area contributed by atoms with E-state index in [9.17, 15) is 9.59 Å². The standard InChI is InChI=1S/C12H22N2O5/c1-7(2)9(5-18-3)13-12(17)14-10-6-19-4-8(10)11(15)16/h7-10H,4-6H2,1-3H3,(H,15,16)(H2,13,14,17). The molecule has 1 saturated heterocycles. The third kappa shape index (κ3) is 4.68. The zero-order valence-electron chi connectivity index (χ0n) is 11.5. The molecule has 3 atom stereocenters. The predicted octanol–water partition coefficient (Wildman–Crippen LogP) is 0.0562. The third-order valence-corrected chi connectivity index (χ3v) is 3.18. The fourth-order valence-corrected chi connectivity index (χ4v) is 1.90. The van der Waals surface area contributed by atoms with Crippen molar-refractivity contribution in [1.29, 1.82) is 0 Å². The summed E-state index contributed by atoms with van der Waals surface area (Å²) in [6.45, 7) is 4.72. The van der Waals surface area contributed by atoms with Gasteiger partial charge in [0.25, 0.3) is 0 Å². The summed E-state index contributed by atoms with van der Waals surface area (Å²) in [5.41, 5.74) is 0. The maximum absolute atomic E-state index is 11.8. The third-order valence-electron chi connectivity index (χ3n) is 3.18. The van der Waals surface area contributed by atoms with E-state index in [1.165, 1.54) is 0 Å². The molecule has 0 aromatic carbocycles. The number of hydrogen-bond donors (Lipinski definition) is 3. The maximum Gasteiger partial charge on any atom is 0.315 e. The number of methoxy groups -OCH3 is 1. The molecule has 0 aliphatic carbocycles. The SMILES string of the molecule is COCC(NC(=O)NC1COCC1C(=O)O)C(C)C. The molecule has 110 valence electrons. The van der Waals surface area contributed by atoms with Crippen molar-refractivity contribution in [3.8, 4) is 0 Å². The molecule has 1 rings (SSSR count). The number of hydrogen-bond acceptors (Lipinski definition) is 4. The van der Waals surface area contributed by atoms with Crippen LogP contribution in [-0.4, -0.2) is 56.1 Å². The molecule has 0 spiro atoms. The summed E-state index contributed by atoms with van der Waals surface area (Å²) < 4.78 is 10.1. The average molecular weight is 274 g/mol. The van der Waals surface area contributed by atoms with Gasteiger partial charge in [-0.05, 0) is 5.92 Å². The molecule has 1 aliphatic heterocycles. The van der Waals surface area contributed by atoms with Crippen LogP contribution in [0, 0.1) is 11.8 Å². The van der Waals surface area contributed by atoms with Crippen molar-refractivity contribution in [1.82, 2.24) is 10.6 Å². The van der Waals surface area contributed by atoms with Crippen molar-refractivity contribution in [3.05, 3.63) is 0 Å². The minimum Gasteiger partial charge on any atom is -0.481 e. The van der Waals surface area contributed by atoms with E-state index in [4.69, 9.17) is 14.6 Å². The van der Waals surface area contributed by atoms with Gasteiger partial charge < -0.3 is 25.2 Å². The Morgan fingerprint density at radius 3 is 2.63 bits per heavy atom. The highest BCUT2D eigenvalue weighted by atomic mass is 16.5. The summed E-state index contributed by atoms with van der Waals surface area (Å²) in [5.74, 6) is -1.42. The Kier molecular flexibility index (Phi) is 6.04. The van der Waals surface area contributed by atoms with Gasteiger partial charge in [0.2, 0.25) is 0 Å². The van der Waals surface area contributed by atoms with Crippen molar-refractivity contribution in [2.45, 2.75) is 25.9 Å². The first-order valence-electron chi connectivity index (χ1n) is 6.32. The Labute approximate surface area is 112 Å². The molecule has 19 heavy (non-hydrogen) atoms. The molecule has 1 fully saturated rings. The van der Waals surface area contributed by atoms with E-state index in [-0.39, 0.29) is 25.2 Å². The number of carbonyl (C=O) groups excluding carboxylic acids is 1. The second kappa shape index (κ2) is 7.30. The predicted molar refractivity (Wildman–Crippen MR) is 67.9 cm³/mol. The lowest BCUT2D eigenvalue weighted by molar-refractivity contribution is -0.142. The van der Waals surface area contributed by atoms with Crippen LogP contribution < -0.4 is 10.6 Å². The van der Waals surface area contributed by atoms with E-state index in [0.29, 0.717) is 6.61 Å². The summed E-state index contributed by atoms with van der Waals surface area (Å²) in [4.78, 5) is 22.8. The molecule has 1 aliphatic rings. The Morgan fingerprint density at radius 2 is 2.11 bits per heavy atom. The lowest BCUT2D eigenvalue weighted by atomic mass is 10.0. The average Bonchev–Trinajstić information content (AvgIpc) is 2.76. The van der Waals surface area contributed by atoms with Gasteiger partial charge >= 0.3 is 12.0 Å². The quantitative estimate of drug-likeness (QED) is 0.636. The van der Waals surface area contributed by atoms with Crippen LogP contribution in [-0.2, 0) is 14.3 Å². The van der Waals surface area contributed by atoms with Crippen LogP contribution in [0.15, 0.2) is 0 Å². The van der Waals surface area contributed by atoms with E-state index < -0.39 is 24.0 Å². The molecule has 3 N–H and O–H groups in total. The first kappa shape index (κ1) is 15.7. The minimum atomic E-state index is -0.958. The number of carbonyl (C=O) groups is 2. The summed E-state index contributed by atoms with van der Waals surface area (Å²) in [5, 5.41) is 14.4. The van der Waals surface area contributed by atoms with Gasteiger partial charge in [0.15, 0.2) is 0 Å². The van der Waals surface area contributed by atoms with Crippen LogP contribution in [0.3, 0.4) is 0 Å². The summed E-state index contributed by atoms with van der Waals surface area (Å²) in [6.07, 6.45) is 0. The van der Waals surface area contributed by atoms with Gasteiger partial charge in [-0.15, -0.1) is 0 Å². The fraction of sp³-hybridized carbons (Fsp3) is 0.833. The Balaban J connectivity index is 2.47. The maximum atomic E-state index is 11.8. The molecule has 1 heterocycles. The van der Waals surface area contributed by atoms with Gasteiger partial charge in [-0.1, -0.05) is 13.8 Å². The van der Waals surface area contributed by atoms with Crippen molar-refractivity contribution >= 4 is 12.0 Å². The van der Waals surface area contributed by atoms with E-state index >= 15 is 0 Å². The highest BCUT2D eigenvalue weighted by Crippen LogP contribution is 2.13. The lowest BCUT2D eigenvalue weighted by Gasteiger charge is -2.23. The number of ether oxygens (including phenoxy) is 2. The van der Waals surface area contributed by atoms with Crippen LogP contribution in [0.1, 0.15) is 13.8 Å². The van der Waals surface area contributed by atoms with Gasteiger partial charge in [-0.2, -0.15) is 0 Å². The summed E-state index contributed by atoms with van der Waals surface area (Å²) in [6, 6.07) is -0.999. The number of nitrogens with one attached hydrogen (secondary N) is 2. The van der Waals surface area contributed by atoms with Crippen LogP contribution >= 0.6 is 0 Å².